The lowest BCUT2D eigenvalue weighted by atomic mass is 10.2. The van der Waals surface area contributed by atoms with Crippen LogP contribution >= 0.6 is 0 Å². The van der Waals surface area contributed by atoms with Crippen molar-refractivity contribution in [3.63, 3.8) is 0 Å². The van der Waals surface area contributed by atoms with Crippen molar-refractivity contribution >= 4 is 22.7 Å². The molecule has 0 bridgehead atoms. The van der Waals surface area contributed by atoms with Crippen molar-refractivity contribution in [2.75, 3.05) is 23.3 Å². The van der Waals surface area contributed by atoms with E-state index in [1.807, 2.05) is 36.0 Å². The number of aromatic nitrogens is 4. The van der Waals surface area contributed by atoms with Gasteiger partial charge in [-0.05, 0) is 31.4 Å². The Bertz CT molecular complexity index is 879. The van der Waals surface area contributed by atoms with Gasteiger partial charge < -0.3 is 10.2 Å². The van der Waals surface area contributed by atoms with E-state index in [0.29, 0.717) is 6.54 Å². The number of benzene rings is 1. The number of hydrogen-bond acceptors (Lipinski definition) is 5. The standard InChI is InChI=1S/C19H24N6/c1-3-15-14(13-24(2)23-15)12-20-18-19(25-10-6-7-11-25)22-17-9-5-4-8-16(17)21-18/h4-5,8-9,13H,3,6-7,10-12H2,1-2H3,(H,20,21). The molecule has 0 aliphatic carbocycles. The van der Waals surface area contributed by atoms with Crippen LogP contribution in [0.15, 0.2) is 30.5 Å². The fourth-order valence-corrected chi connectivity index (χ4v) is 3.47. The number of nitrogens with one attached hydrogen (secondary N) is 1. The van der Waals surface area contributed by atoms with Gasteiger partial charge in [0.05, 0.1) is 16.7 Å². The molecule has 1 aromatic carbocycles. The van der Waals surface area contributed by atoms with Gasteiger partial charge in [-0.25, -0.2) is 9.97 Å². The zero-order valence-electron chi connectivity index (χ0n) is 14.9. The van der Waals surface area contributed by atoms with Gasteiger partial charge in [0, 0.05) is 38.4 Å². The first kappa shape index (κ1) is 15.9. The normalized spacial score (nSPS) is 14.4. The average molecular weight is 336 g/mol. The molecule has 0 amide bonds. The lowest BCUT2D eigenvalue weighted by molar-refractivity contribution is 0.746. The quantitative estimate of drug-likeness (QED) is 0.776. The molecule has 1 saturated heterocycles. The van der Waals surface area contributed by atoms with E-state index in [1.54, 1.807) is 0 Å². The van der Waals surface area contributed by atoms with E-state index in [9.17, 15) is 0 Å². The number of fused-ring (bicyclic) bond motifs is 1. The molecule has 0 radical (unpaired) electrons. The maximum Gasteiger partial charge on any atom is 0.172 e. The lowest BCUT2D eigenvalue weighted by Gasteiger charge is -2.20. The molecule has 2 aromatic heterocycles. The van der Waals surface area contributed by atoms with E-state index in [2.05, 4.69) is 28.4 Å². The Kier molecular flexibility index (Phi) is 4.26. The Labute approximate surface area is 147 Å². The van der Waals surface area contributed by atoms with E-state index >= 15 is 0 Å². The van der Waals surface area contributed by atoms with Gasteiger partial charge in [-0.2, -0.15) is 5.10 Å². The van der Waals surface area contributed by atoms with Crippen molar-refractivity contribution < 1.29 is 0 Å². The highest BCUT2D eigenvalue weighted by molar-refractivity contribution is 5.80. The molecule has 0 atom stereocenters. The van der Waals surface area contributed by atoms with Crippen LogP contribution in [-0.2, 0) is 20.0 Å². The van der Waals surface area contributed by atoms with Gasteiger partial charge >= 0.3 is 0 Å². The second-order valence-electron chi connectivity index (χ2n) is 6.56. The molecule has 4 rings (SSSR count). The summed E-state index contributed by atoms with van der Waals surface area (Å²) in [7, 11) is 1.97. The highest BCUT2D eigenvalue weighted by Gasteiger charge is 2.19. The van der Waals surface area contributed by atoms with Crippen LogP contribution in [0.5, 0.6) is 0 Å². The van der Waals surface area contributed by atoms with Crippen LogP contribution < -0.4 is 10.2 Å². The summed E-state index contributed by atoms with van der Waals surface area (Å²) < 4.78 is 1.88. The van der Waals surface area contributed by atoms with E-state index < -0.39 is 0 Å². The molecule has 130 valence electrons. The summed E-state index contributed by atoms with van der Waals surface area (Å²) >= 11 is 0. The fourth-order valence-electron chi connectivity index (χ4n) is 3.47. The van der Waals surface area contributed by atoms with Crippen LogP contribution in [0.4, 0.5) is 11.6 Å². The first-order valence-electron chi connectivity index (χ1n) is 9.01. The van der Waals surface area contributed by atoms with Crippen molar-refractivity contribution in [1.82, 2.24) is 19.7 Å². The minimum atomic E-state index is 0.713. The minimum absolute atomic E-state index is 0.713. The third-order valence-corrected chi connectivity index (χ3v) is 4.73. The van der Waals surface area contributed by atoms with Crippen molar-refractivity contribution in [3.8, 4) is 0 Å². The lowest BCUT2D eigenvalue weighted by Crippen LogP contribution is -2.21. The number of rotatable bonds is 5. The molecule has 3 aromatic rings. The summed E-state index contributed by atoms with van der Waals surface area (Å²) in [6, 6.07) is 8.07. The largest absolute Gasteiger partial charge is 0.363 e. The third kappa shape index (κ3) is 3.16. The van der Waals surface area contributed by atoms with Crippen molar-refractivity contribution in [3.05, 3.63) is 41.7 Å². The Morgan fingerprint density at radius 2 is 1.80 bits per heavy atom. The van der Waals surface area contributed by atoms with Gasteiger partial charge in [0.1, 0.15) is 0 Å². The van der Waals surface area contributed by atoms with Gasteiger partial charge in [0.25, 0.3) is 0 Å². The Balaban J connectivity index is 1.67. The van der Waals surface area contributed by atoms with Crippen LogP contribution in [0.25, 0.3) is 11.0 Å². The second kappa shape index (κ2) is 6.70. The SMILES string of the molecule is CCc1nn(C)cc1CNc1nc2ccccc2nc1N1CCCC1. The van der Waals surface area contributed by atoms with Gasteiger partial charge in [-0.3, -0.25) is 4.68 Å². The second-order valence-corrected chi connectivity index (χ2v) is 6.56. The number of para-hydroxylation sites is 2. The van der Waals surface area contributed by atoms with Gasteiger partial charge in [-0.1, -0.05) is 19.1 Å². The molecular weight excluding hydrogens is 312 g/mol. The Morgan fingerprint density at radius 3 is 2.52 bits per heavy atom. The van der Waals surface area contributed by atoms with Crippen LogP contribution in [0.3, 0.4) is 0 Å². The predicted molar refractivity (Wildman–Crippen MR) is 101 cm³/mol. The first-order valence-corrected chi connectivity index (χ1v) is 9.01. The number of anilines is 2. The topological polar surface area (TPSA) is 58.9 Å². The summed E-state index contributed by atoms with van der Waals surface area (Å²) in [6.45, 7) is 4.95. The molecule has 0 spiro atoms. The van der Waals surface area contributed by atoms with Crippen molar-refractivity contribution in [2.45, 2.75) is 32.7 Å². The predicted octanol–water partition coefficient (Wildman–Crippen LogP) is 3.14. The molecule has 1 aliphatic rings. The minimum Gasteiger partial charge on any atom is -0.363 e. The molecular formula is C19H24N6. The van der Waals surface area contributed by atoms with Crippen LogP contribution in [0.2, 0.25) is 0 Å². The number of nitrogens with zero attached hydrogens (tertiary/aromatic N) is 5. The van der Waals surface area contributed by atoms with Crippen LogP contribution in [0.1, 0.15) is 31.0 Å². The highest BCUT2D eigenvalue weighted by atomic mass is 15.3. The molecule has 6 heteroatoms. The molecule has 1 aliphatic heterocycles. The summed E-state index contributed by atoms with van der Waals surface area (Å²) in [5.74, 6) is 1.84. The van der Waals surface area contributed by atoms with E-state index in [0.717, 1.165) is 47.9 Å². The molecule has 3 heterocycles. The monoisotopic (exact) mass is 336 g/mol. The van der Waals surface area contributed by atoms with Gasteiger partial charge in [-0.15, -0.1) is 0 Å². The van der Waals surface area contributed by atoms with Gasteiger partial charge in [0.2, 0.25) is 0 Å². The number of hydrogen-bond donors (Lipinski definition) is 1. The first-order chi connectivity index (χ1) is 12.2. The smallest absolute Gasteiger partial charge is 0.172 e. The highest BCUT2D eigenvalue weighted by Crippen LogP contribution is 2.28. The third-order valence-electron chi connectivity index (χ3n) is 4.73. The van der Waals surface area contributed by atoms with Crippen LogP contribution in [0, 0.1) is 0 Å². The molecule has 25 heavy (non-hydrogen) atoms. The molecule has 1 fully saturated rings. The molecule has 1 N–H and O–H groups in total. The fraction of sp³-hybridized carbons (Fsp3) is 0.421. The zero-order chi connectivity index (χ0) is 17.2. The Hall–Kier alpha value is -2.63. The molecule has 0 saturated carbocycles. The van der Waals surface area contributed by atoms with Crippen molar-refractivity contribution in [2.24, 2.45) is 7.05 Å². The van der Waals surface area contributed by atoms with Gasteiger partial charge in [0.15, 0.2) is 11.6 Å². The van der Waals surface area contributed by atoms with Crippen molar-refractivity contribution in [1.29, 1.82) is 0 Å². The van der Waals surface area contributed by atoms with E-state index in [1.165, 1.54) is 18.4 Å². The summed E-state index contributed by atoms with van der Waals surface area (Å²) in [5, 5.41) is 8.04. The van der Waals surface area contributed by atoms with E-state index in [-0.39, 0.29) is 0 Å². The summed E-state index contributed by atoms with van der Waals surface area (Å²) in [6.07, 6.45) is 5.45. The average Bonchev–Trinajstić information content (AvgIpc) is 3.28. The molecule has 0 unspecified atom stereocenters. The zero-order valence-corrected chi connectivity index (χ0v) is 14.9. The Morgan fingerprint density at radius 1 is 1.08 bits per heavy atom. The van der Waals surface area contributed by atoms with Crippen LogP contribution in [-0.4, -0.2) is 32.8 Å². The molecule has 6 nitrogen and oxygen atoms in total. The summed E-state index contributed by atoms with van der Waals surface area (Å²) in [4.78, 5) is 12.1. The summed E-state index contributed by atoms with van der Waals surface area (Å²) in [5.41, 5.74) is 4.22. The number of aryl methyl sites for hydroxylation is 2. The van der Waals surface area contributed by atoms with E-state index in [4.69, 9.17) is 9.97 Å². The maximum absolute atomic E-state index is 4.90. The maximum atomic E-state index is 4.90.